The molecule has 1 fully saturated rings. The minimum atomic E-state index is -4.47. The number of fused-ring (bicyclic) bond motifs is 1. The summed E-state index contributed by atoms with van der Waals surface area (Å²) in [6.45, 7) is -0.152. The smallest absolute Gasteiger partial charge is 0.443 e. The Morgan fingerprint density at radius 1 is 1.19 bits per heavy atom. The zero-order valence-electron chi connectivity index (χ0n) is 16.4. The minimum absolute atomic E-state index is 0.152. The third-order valence-corrected chi connectivity index (χ3v) is 6.13. The van der Waals surface area contributed by atoms with E-state index in [1.165, 1.54) is 16.0 Å². The van der Waals surface area contributed by atoms with Gasteiger partial charge in [-0.3, -0.25) is 9.36 Å². The summed E-state index contributed by atoms with van der Waals surface area (Å²) in [7, 11) is 1.98. The van der Waals surface area contributed by atoms with Crippen LogP contribution in [0.15, 0.2) is 46.7 Å². The average molecular weight is 446 g/mol. The highest BCUT2D eigenvalue weighted by atomic mass is 32.1. The number of hydrogen-bond acceptors (Lipinski definition) is 5. The molecule has 0 atom stereocenters. The van der Waals surface area contributed by atoms with Gasteiger partial charge in [-0.25, -0.2) is 9.97 Å². The molecule has 1 aliphatic carbocycles. The Morgan fingerprint density at radius 2 is 2.00 bits per heavy atom. The van der Waals surface area contributed by atoms with Crippen molar-refractivity contribution in [3.8, 4) is 11.4 Å². The number of aromatic nitrogens is 4. The number of pyridine rings is 1. The topological polar surface area (TPSA) is 61.9 Å². The van der Waals surface area contributed by atoms with E-state index >= 15 is 0 Å². The molecule has 6 nitrogen and oxygen atoms in total. The lowest BCUT2D eigenvalue weighted by Gasteiger charge is -2.09. The van der Waals surface area contributed by atoms with Gasteiger partial charge in [0.2, 0.25) is 0 Å². The zero-order chi connectivity index (χ0) is 21.8. The fraction of sp³-hybridized carbons (Fsp3) is 0.286. The molecule has 3 aromatic heterocycles. The molecular weight excluding hydrogens is 429 g/mol. The summed E-state index contributed by atoms with van der Waals surface area (Å²) in [5, 5.41) is 0.375. The van der Waals surface area contributed by atoms with Crippen molar-refractivity contribution in [1.82, 2.24) is 19.1 Å². The third kappa shape index (κ3) is 3.83. The lowest BCUT2D eigenvalue weighted by Crippen LogP contribution is -2.16. The molecule has 0 radical (unpaired) electrons. The van der Waals surface area contributed by atoms with Crippen molar-refractivity contribution < 1.29 is 17.9 Å². The first kappa shape index (κ1) is 19.8. The molecule has 0 bridgehead atoms. The van der Waals surface area contributed by atoms with Crippen LogP contribution in [0.5, 0.6) is 5.75 Å². The summed E-state index contributed by atoms with van der Waals surface area (Å²) in [6.07, 6.45) is -0.580. The molecule has 0 saturated heterocycles. The second-order valence-corrected chi connectivity index (χ2v) is 8.34. The van der Waals surface area contributed by atoms with E-state index in [0.29, 0.717) is 22.9 Å². The SMILES string of the molecule is Cn1c(C2CC2)nc2ccc(-n3ccc(OCc4csc(C(F)(F)F)n4)cc3=O)cc21. The molecule has 0 N–H and O–H groups in total. The Kier molecular flexibility index (Phi) is 4.62. The van der Waals surface area contributed by atoms with Crippen molar-refractivity contribution in [3.05, 3.63) is 68.8 Å². The molecule has 160 valence electrons. The molecule has 0 unspecified atom stereocenters. The number of imidazole rings is 1. The molecule has 0 spiro atoms. The molecule has 0 amide bonds. The molecule has 31 heavy (non-hydrogen) atoms. The van der Waals surface area contributed by atoms with E-state index < -0.39 is 11.2 Å². The molecule has 1 aromatic carbocycles. The van der Waals surface area contributed by atoms with Crippen LogP contribution in [-0.4, -0.2) is 19.1 Å². The number of ether oxygens (including phenoxy) is 1. The van der Waals surface area contributed by atoms with Gasteiger partial charge in [0.25, 0.3) is 5.56 Å². The van der Waals surface area contributed by atoms with Gasteiger partial charge in [-0.1, -0.05) is 0 Å². The fourth-order valence-electron chi connectivity index (χ4n) is 3.48. The first-order chi connectivity index (χ1) is 14.8. The van der Waals surface area contributed by atoms with Gasteiger partial charge in [-0.2, -0.15) is 13.2 Å². The van der Waals surface area contributed by atoms with Crippen molar-refractivity contribution in [1.29, 1.82) is 0 Å². The van der Waals surface area contributed by atoms with Gasteiger partial charge in [-0.05, 0) is 37.1 Å². The Labute approximate surface area is 178 Å². The Balaban J connectivity index is 1.36. The maximum atomic E-state index is 12.6. The molecule has 1 saturated carbocycles. The monoisotopic (exact) mass is 446 g/mol. The van der Waals surface area contributed by atoms with Crippen molar-refractivity contribution in [2.24, 2.45) is 7.05 Å². The lowest BCUT2D eigenvalue weighted by molar-refractivity contribution is -0.137. The van der Waals surface area contributed by atoms with Crippen LogP contribution in [0.2, 0.25) is 0 Å². The molecule has 1 aliphatic rings. The number of rotatable bonds is 5. The van der Waals surface area contributed by atoms with Gasteiger partial charge in [-0.15, -0.1) is 11.3 Å². The van der Waals surface area contributed by atoms with Gasteiger partial charge >= 0.3 is 6.18 Å². The van der Waals surface area contributed by atoms with Gasteiger partial charge in [0.05, 0.1) is 22.4 Å². The predicted octanol–water partition coefficient (Wildman–Crippen LogP) is 4.66. The summed E-state index contributed by atoms with van der Waals surface area (Å²) in [5.41, 5.74) is 2.40. The second-order valence-electron chi connectivity index (χ2n) is 7.48. The fourth-order valence-corrected chi connectivity index (χ4v) is 4.15. The number of halogens is 3. The van der Waals surface area contributed by atoms with Crippen LogP contribution in [0.25, 0.3) is 16.7 Å². The van der Waals surface area contributed by atoms with E-state index in [9.17, 15) is 18.0 Å². The lowest BCUT2D eigenvalue weighted by atomic mass is 10.2. The van der Waals surface area contributed by atoms with Gasteiger partial charge < -0.3 is 9.30 Å². The van der Waals surface area contributed by atoms with E-state index in [2.05, 4.69) is 9.55 Å². The largest absolute Gasteiger partial charge is 0.487 e. The highest BCUT2D eigenvalue weighted by Crippen LogP contribution is 2.40. The van der Waals surface area contributed by atoms with E-state index in [1.54, 1.807) is 12.3 Å². The van der Waals surface area contributed by atoms with Crippen LogP contribution < -0.4 is 10.3 Å². The normalized spacial score (nSPS) is 14.3. The van der Waals surface area contributed by atoms with Crippen molar-refractivity contribution in [2.75, 3.05) is 0 Å². The van der Waals surface area contributed by atoms with E-state index in [-0.39, 0.29) is 23.6 Å². The molecule has 10 heteroatoms. The Hall–Kier alpha value is -3.14. The van der Waals surface area contributed by atoms with Crippen molar-refractivity contribution in [2.45, 2.75) is 31.5 Å². The summed E-state index contributed by atoms with van der Waals surface area (Å²) in [5.74, 6) is 1.85. The minimum Gasteiger partial charge on any atom is -0.487 e. The third-order valence-electron chi connectivity index (χ3n) is 5.19. The molecule has 5 rings (SSSR count). The number of thiazole rings is 1. The number of alkyl halides is 3. The van der Waals surface area contributed by atoms with Gasteiger partial charge in [0.15, 0.2) is 5.01 Å². The standard InChI is InChI=1S/C21H17F3N4O2S/c1-27-17-8-14(4-5-16(17)26-19(27)12-2-3-12)28-7-6-15(9-18(28)29)30-10-13-11-31-20(25-13)21(22,23)24/h4-9,11-12H,2-3,10H2,1H3. The van der Waals surface area contributed by atoms with Gasteiger partial charge in [0, 0.05) is 30.6 Å². The summed E-state index contributed by atoms with van der Waals surface area (Å²) < 4.78 is 47.0. The van der Waals surface area contributed by atoms with E-state index in [4.69, 9.17) is 9.72 Å². The maximum absolute atomic E-state index is 12.6. The van der Waals surface area contributed by atoms with Crippen LogP contribution in [0, 0.1) is 0 Å². The molecular formula is C21H17F3N4O2S. The van der Waals surface area contributed by atoms with E-state index in [0.717, 1.165) is 29.7 Å². The Bertz CT molecular complexity index is 1330. The second kappa shape index (κ2) is 7.23. The van der Waals surface area contributed by atoms with E-state index in [1.807, 2.05) is 25.2 Å². The average Bonchev–Trinajstić information content (AvgIpc) is 3.35. The van der Waals surface area contributed by atoms with Crippen LogP contribution in [0.4, 0.5) is 13.2 Å². The van der Waals surface area contributed by atoms with Crippen molar-refractivity contribution in [3.63, 3.8) is 0 Å². The number of nitrogens with zero attached hydrogens (tertiary/aromatic N) is 4. The highest BCUT2D eigenvalue weighted by molar-refractivity contribution is 7.09. The molecule has 4 aromatic rings. The number of hydrogen-bond donors (Lipinski definition) is 0. The van der Waals surface area contributed by atoms with Crippen LogP contribution >= 0.6 is 11.3 Å². The van der Waals surface area contributed by atoms with Crippen LogP contribution in [0.1, 0.15) is 35.3 Å². The zero-order valence-corrected chi connectivity index (χ0v) is 17.2. The summed E-state index contributed by atoms with van der Waals surface area (Å²) in [6, 6.07) is 8.56. The predicted molar refractivity (Wildman–Crippen MR) is 110 cm³/mol. The quantitative estimate of drug-likeness (QED) is 0.448. The Morgan fingerprint density at radius 3 is 2.68 bits per heavy atom. The molecule has 3 heterocycles. The van der Waals surface area contributed by atoms with Crippen molar-refractivity contribution >= 4 is 22.4 Å². The number of benzene rings is 1. The highest BCUT2D eigenvalue weighted by Gasteiger charge is 2.34. The first-order valence-corrected chi connectivity index (χ1v) is 10.5. The summed E-state index contributed by atoms with van der Waals surface area (Å²) >= 11 is 0.515. The summed E-state index contributed by atoms with van der Waals surface area (Å²) in [4.78, 5) is 20.8. The molecule has 0 aliphatic heterocycles. The van der Waals surface area contributed by atoms with Gasteiger partial charge in [0.1, 0.15) is 18.2 Å². The maximum Gasteiger partial charge on any atom is 0.443 e. The van der Waals surface area contributed by atoms with Crippen LogP contribution in [0.3, 0.4) is 0 Å². The van der Waals surface area contributed by atoms with Crippen LogP contribution in [-0.2, 0) is 19.8 Å². The number of aryl methyl sites for hydroxylation is 1. The first-order valence-electron chi connectivity index (χ1n) is 9.63.